The molecule has 0 saturated carbocycles. The highest BCUT2D eigenvalue weighted by Gasteiger charge is 2.15. The van der Waals surface area contributed by atoms with Crippen molar-refractivity contribution in [1.82, 2.24) is 0 Å². The number of hydrogen-bond acceptors (Lipinski definition) is 4. The molecule has 0 bridgehead atoms. The van der Waals surface area contributed by atoms with E-state index in [1.807, 2.05) is 6.92 Å². The maximum absolute atomic E-state index is 11.6. The Morgan fingerprint density at radius 2 is 1.85 bits per heavy atom. The zero-order chi connectivity index (χ0) is 14.9. The molecule has 0 aliphatic carbocycles. The van der Waals surface area contributed by atoms with Crippen LogP contribution in [0.25, 0.3) is 0 Å². The second-order valence-corrected chi connectivity index (χ2v) is 6.28. The number of nitrogens with two attached hydrogens (primary N) is 2. The van der Waals surface area contributed by atoms with Gasteiger partial charge in [-0.25, -0.2) is 13.6 Å². The number of primary sulfonamides is 1. The van der Waals surface area contributed by atoms with E-state index in [4.69, 9.17) is 22.5 Å². The van der Waals surface area contributed by atoms with Gasteiger partial charge in [-0.1, -0.05) is 17.7 Å². The number of rotatable bonds is 3. The molecule has 20 heavy (non-hydrogen) atoms. The summed E-state index contributed by atoms with van der Waals surface area (Å²) in [4.78, 5) is -0.0584. The molecule has 0 unspecified atom stereocenters. The Bertz CT molecular complexity index is 760. The monoisotopic (exact) mass is 311 g/mol. The van der Waals surface area contributed by atoms with E-state index in [1.54, 1.807) is 30.3 Å². The van der Waals surface area contributed by atoms with E-state index in [9.17, 15) is 8.42 Å². The molecule has 0 aliphatic rings. The highest BCUT2D eigenvalue weighted by atomic mass is 35.5. The summed E-state index contributed by atoms with van der Waals surface area (Å²) >= 11 is 6.03. The number of benzene rings is 2. The van der Waals surface area contributed by atoms with Crippen molar-refractivity contribution in [1.29, 1.82) is 0 Å². The number of halogens is 1. The number of nitrogen functional groups attached to an aromatic ring is 1. The van der Waals surface area contributed by atoms with Crippen molar-refractivity contribution in [2.24, 2.45) is 5.14 Å². The van der Waals surface area contributed by atoms with Crippen LogP contribution < -0.4 is 16.2 Å². The van der Waals surface area contributed by atoms with E-state index in [1.165, 1.54) is 6.07 Å². The van der Waals surface area contributed by atoms with Crippen LogP contribution in [0, 0.1) is 6.92 Å². The SMILES string of the molecule is Cc1c(Cl)cccc1Nc1ccc(N)cc1S(N)(=O)=O. The topological polar surface area (TPSA) is 98.2 Å². The van der Waals surface area contributed by atoms with Crippen molar-refractivity contribution in [3.63, 3.8) is 0 Å². The molecule has 0 heterocycles. The Kier molecular flexibility index (Phi) is 3.89. The van der Waals surface area contributed by atoms with Crippen LogP contribution in [0.1, 0.15) is 5.56 Å². The lowest BCUT2D eigenvalue weighted by Crippen LogP contribution is -2.14. The quantitative estimate of drug-likeness (QED) is 0.759. The number of anilines is 3. The summed E-state index contributed by atoms with van der Waals surface area (Å²) in [6, 6.07) is 9.80. The van der Waals surface area contributed by atoms with Gasteiger partial charge in [0.05, 0.1) is 5.69 Å². The fourth-order valence-corrected chi connectivity index (χ4v) is 2.67. The molecule has 0 aromatic heterocycles. The standard InChI is InChI=1S/C13H14ClN3O2S/c1-8-10(14)3-2-4-11(8)17-12-6-5-9(15)7-13(12)20(16,18)19/h2-7,17H,15H2,1H3,(H2,16,18,19). The first-order valence-electron chi connectivity index (χ1n) is 5.73. The van der Waals surface area contributed by atoms with Crippen LogP contribution in [-0.4, -0.2) is 8.42 Å². The molecule has 2 aromatic carbocycles. The van der Waals surface area contributed by atoms with Gasteiger partial charge in [-0.3, -0.25) is 0 Å². The van der Waals surface area contributed by atoms with Crippen LogP contribution in [0.5, 0.6) is 0 Å². The maximum Gasteiger partial charge on any atom is 0.240 e. The molecular weight excluding hydrogens is 298 g/mol. The van der Waals surface area contributed by atoms with Gasteiger partial charge in [-0.2, -0.15) is 0 Å². The molecule has 0 fully saturated rings. The van der Waals surface area contributed by atoms with E-state index >= 15 is 0 Å². The summed E-state index contributed by atoms with van der Waals surface area (Å²) in [5, 5.41) is 8.80. The van der Waals surface area contributed by atoms with E-state index < -0.39 is 10.0 Å². The first-order chi connectivity index (χ1) is 9.29. The number of nitrogens with one attached hydrogen (secondary N) is 1. The third-order valence-corrected chi connectivity index (χ3v) is 4.21. The van der Waals surface area contributed by atoms with E-state index in [0.29, 0.717) is 22.1 Å². The van der Waals surface area contributed by atoms with Crippen LogP contribution in [-0.2, 0) is 10.0 Å². The molecule has 0 amide bonds. The molecule has 2 rings (SSSR count). The smallest absolute Gasteiger partial charge is 0.240 e. The molecule has 0 aliphatic heterocycles. The molecular formula is C13H14ClN3O2S. The third kappa shape index (κ3) is 3.04. The van der Waals surface area contributed by atoms with Gasteiger partial charge in [0.1, 0.15) is 4.90 Å². The van der Waals surface area contributed by atoms with Crippen LogP contribution in [0.2, 0.25) is 5.02 Å². The van der Waals surface area contributed by atoms with Gasteiger partial charge in [-0.05, 0) is 42.8 Å². The van der Waals surface area contributed by atoms with E-state index in [-0.39, 0.29) is 4.90 Å². The van der Waals surface area contributed by atoms with E-state index in [0.717, 1.165) is 5.56 Å². The average Bonchev–Trinajstić information content (AvgIpc) is 2.36. The Labute approximate surface area is 122 Å². The predicted octanol–water partition coefficient (Wildman–Crippen LogP) is 2.62. The molecule has 0 saturated heterocycles. The third-order valence-electron chi connectivity index (χ3n) is 2.85. The van der Waals surface area contributed by atoms with Crippen LogP contribution in [0.3, 0.4) is 0 Å². The van der Waals surface area contributed by atoms with Crippen molar-refractivity contribution >= 4 is 38.7 Å². The fraction of sp³-hybridized carbons (Fsp3) is 0.0769. The Morgan fingerprint density at radius 1 is 1.15 bits per heavy atom. The van der Waals surface area contributed by atoms with Crippen molar-refractivity contribution in [3.8, 4) is 0 Å². The molecule has 0 spiro atoms. The largest absolute Gasteiger partial charge is 0.399 e. The summed E-state index contributed by atoms with van der Waals surface area (Å²) in [5.41, 5.74) is 7.79. The maximum atomic E-state index is 11.6. The predicted molar refractivity (Wildman–Crippen MR) is 81.7 cm³/mol. The number of hydrogen-bond donors (Lipinski definition) is 3. The second kappa shape index (κ2) is 5.32. The first-order valence-corrected chi connectivity index (χ1v) is 7.66. The highest BCUT2D eigenvalue weighted by Crippen LogP contribution is 2.30. The van der Waals surface area contributed by atoms with Crippen LogP contribution in [0.15, 0.2) is 41.3 Å². The summed E-state index contributed by atoms with van der Waals surface area (Å²) < 4.78 is 23.2. The van der Waals surface area contributed by atoms with Crippen molar-refractivity contribution in [2.45, 2.75) is 11.8 Å². The highest BCUT2D eigenvalue weighted by molar-refractivity contribution is 7.89. The molecule has 0 radical (unpaired) electrons. The van der Waals surface area contributed by atoms with Crippen molar-refractivity contribution in [2.75, 3.05) is 11.1 Å². The summed E-state index contributed by atoms with van der Waals surface area (Å²) in [6.07, 6.45) is 0. The zero-order valence-corrected chi connectivity index (χ0v) is 12.3. The second-order valence-electron chi connectivity index (χ2n) is 4.34. The summed E-state index contributed by atoms with van der Waals surface area (Å²) in [5.74, 6) is 0. The fourth-order valence-electron chi connectivity index (χ4n) is 1.77. The molecule has 0 atom stereocenters. The molecule has 2 aromatic rings. The normalized spacial score (nSPS) is 11.3. The molecule has 5 N–H and O–H groups in total. The van der Waals surface area contributed by atoms with Gasteiger partial charge in [0, 0.05) is 16.4 Å². The lowest BCUT2D eigenvalue weighted by Gasteiger charge is -2.14. The lowest BCUT2D eigenvalue weighted by atomic mass is 10.2. The molecule has 5 nitrogen and oxygen atoms in total. The summed E-state index contributed by atoms with van der Waals surface area (Å²) in [6.45, 7) is 1.83. The van der Waals surface area contributed by atoms with E-state index in [2.05, 4.69) is 5.32 Å². The number of sulfonamides is 1. The van der Waals surface area contributed by atoms with Gasteiger partial charge in [0.25, 0.3) is 0 Å². The van der Waals surface area contributed by atoms with Gasteiger partial charge in [0.2, 0.25) is 10.0 Å². The summed E-state index contributed by atoms with van der Waals surface area (Å²) in [7, 11) is -3.87. The minimum atomic E-state index is -3.87. The first kappa shape index (κ1) is 14.6. The van der Waals surface area contributed by atoms with Crippen molar-refractivity contribution < 1.29 is 8.42 Å². The van der Waals surface area contributed by atoms with Crippen LogP contribution in [0.4, 0.5) is 17.1 Å². The zero-order valence-electron chi connectivity index (χ0n) is 10.7. The average molecular weight is 312 g/mol. The van der Waals surface area contributed by atoms with Gasteiger partial charge in [0.15, 0.2) is 0 Å². The minimum Gasteiger partial charge on any atom is -0.399 e. The molecule has 106 valence electrons. The molecule has 7 heteroatoms. The van der Waals surface area contributed by atoms with Crippen molar-refractivity contribution in [3.05, 3.63) is 47.0 Å². The minimum absolute atomic E-state index is 0.0584. The van der Waals surface area contributed by atoms with Gasteiger partial charge < -0.3 is 11.1 Å². The van der Waals surface area contributed by atoms with Gasteiger partial charge >= 0.3 is 0 Å². The Morgan fingerprint density at radius 3 is 2.50 bits per heavy atom. The van der Waals surface area contributed by atoms with Gasteiger partial charge in [-0.15, -0.1) is 0 Å². The van der Waals surface area contributed by atoms with Crippen LogP contribution >= 0.6 is 11.6 Å². The lowest BCUT2D eigenvalue weighted by molar-refractivity contribution is 0.598. The Hall–Kier alpha value is -1.76. The Balaban J connectivity index is 2.52.